The van der Waals surface area contributed by atoms with E-state index in [0.717, 1.165) is 12.8 Å². The Labute approximate surface area is 166 Å². The maximum Gasteiger partial charge on any atom is 0.407 e. The first-order chi connectivity index (χ1) is 13.1. The second-order valence-corrected chi connectivity index (χ2v) is 8.09. The average Bonchev–Trinajstić information content (AvgIpc) is 3.02. The number of likely N-dealkylation sites (tertiary alicyclic amines) is 1. The molecule has 0 saturated carbocycles. The lowest BCUT2D eigenvalue weighted by Gasteiger charge is -2.31. The number of nitrogens with zero attached hydrogens (tertiary/aromatic N) is 5. The maximum absolute atomic E-state index is 12.0. The second kappa shape index (κ2) is 7.78. The summed E-state index contributed by atoms with van der Waals surface area (Å²) in [4.78, 5) is 37.3. The number of ether oxygens (including phenoxy) is 1. The molecule has 1 aliphatic heterocycles. The number of amides is 1. The molecule has 0 aliphatic carbocycles. The number of carboxylic acid groups (broad SMARTS) is 1. The Kier molecular flexibility index (Phi) is 5.59. The van der Waals surface area contributed by atoms with Crippen LogP contribution in [-0.2, 0) is 16.3 Å². The van der Waals surface area contributed by atoms with Gasteiger partial charge in [0.25, 0.3) is 0 Å². The van der Waals surface area contributed by atoms with Gasteiger partial charge in [-0.2, -0.15) is 9.97 Å². The predicted molar refractivity (Wildman–Crippen MR) is 102 cm³/mol. The van der Waals surface area contributed by atoms with Crippen molar-refractivity contribution in [3.63, 3.8) is 0 Å². The van der Waals surface area contributed by atoms with Crippen LogP contribution in [0.25, 0.3) is 11.2 Å². The van der Waals surface area contributed by atoms with Crippen LogP contribution in [0.15, 0.2) is 6.33 Å². The van der Waals surface area contributed by atoms with Crippen LogP contribution in [0.1, 0.15) is 33.6 Å². The summed E-state index contributed by atoms with van der Waals surface area (Å²) in [6.45, 7) is 6.13. The highest BCUT2D eigenvalue weighted by Crippen LogP contribution is 2.24. The molecule has 3 rings (SSSR count). The first kappa shape index (κ1) is 20.1. The minimum atomic E-state index is -0.942. The molecule has 0 unspecified atom stereocenters. The van der Waals surface area contributed by atoms with Crippen molar-refractivity contribution < 1.29 is 19.4 Å². The van der Waals surface area contributed by atoms with E-state index >= 15 is 0 Å². The largest absolute Gasteiger partial charge is 0.465 e. The molecule has 0 bridgehead atoms. The summed E-state index contributed by atoms with van der Waals surface area (Å²) in [7, 11) is 0. The first-order valence-corrected chi connectivity index (χ1v) is 9.33. The average molecular weight is 411 g/mol. The van der Waals surface area contributed by atoms with E-state index in [-0.39, 0.29) is 24.0 Å². The van der Waals surface area contributed by atoms with Gasteiger partial charge in [0, 0.05) is 19.1 Å². The highest BCUT2D eigenvalue weighted by molar-refractivity contribution is 6.28. The second-order valence-electron chi connectivity index (χ2n) is 7.75. The van der Waals surface area contributed by atoms with E-state index in [0.29, 0.717) is 30.1 Å². The lowest BCUT2D eigenvalue weighted by atomic mass is 9.98. The smallest absolute Gasteiger partial charge is 0.407 e. The van der Waals surface area contributed by atoms with Crippen molar-refractivity contribution in [2.45, 2.75) is 46.4 Å². The van der Waals surface area contributed by atoms with Gasteiger partial charge in [-0.3, -0.25) is 9.36 Å². The molecule has 1 atom stereocenters. The van der Waals surface area contributed by atoms with Crippen LogP contribution in [0.4, 0.5) is 10.6 Å². The molecule has 10 nitrogen and oxygen atoms in total. The lowest BCUT2D eigenvalue weighted by Crippen LogP contribution is -2.44. The third-order valence-electron chi connectivity index (χ3n) is 4.42. The summed E-state index contributed by atoms with van der Waals surface area (Å²) in [5, 5.41) is 12.4. The lowest BCUT2D eigenvalue weighted by molar-refractivity contribution is -0.156. The Morgan fingerprint density at radius 1 is 1.39 bits per heavy atom. The van der Waals surface area contributed by atoms with Crippen molar-refractivity contribution in [1.29, 1.82) is 0 Å². The van der Waals surface area contributed by atoms with Gasteiger partial charge in [0.05, 0.1) is 11.7 Å². The minimum absolute atomic E-state index is 0.0183. The molecule has 1 aliphatic rings. The Bertz CT molecular complexity index is 894. The van der Waals surface area contributed by atoms with Crippen LogP contribution in [0, 0.1) is 5.41 Å². The molecule has 1 saturated heterocycles. The first-order valence-electron chi connectivity index (χ1n) is 8.95. The number of piperidine rings is 1. The number of nitrogens with one attached hydrogen (secondary N) is 1. The fraction of sp³-hybridized carbons (Fsp3) is 0.588. The van der Waals surface area contributed by atoms with Crippen molar-refractivity contribution in [2.24, 2.45) is 5.41 Å². The van der Waals surface area contributed by atoms with Gasteiger partial charge >= 0.3 is 12.1 Å². The zero-order valence-corrected chi connectivity index (χ0v) is 16.7. The van der Waals surface area contributed by atoms with Crippen molar-refractivity contribution in [2.75, 3.05) is 18.4 Å². The van der Waals surface area contributed by atoms with E-state index < -0.39 is 11.5 Å². The van der Waals surface area contributed by atoms with Crippen molar-refractivity contribution >= 4 is 40.6 Å². The Morgan fingerprint density at radius 3 is 2.82 bits per heavy atom. The molecule has 2 aromatic rings. The van der Waals surface area contributed by atoms with Crippen LogP contribution >= 0.6 is 11.6 Å². The number of hydrogen-bond donors (Lipinski definition) is 2. The van der Waals surface area contributed by atoms with E-state index in [4.69, 9.17) is 16.3 Å². The van der Waals surface area contributed by atoms with Gasteiger partial charge in [-0.15, -0.1) is 0 Å². The summed E-state index contributed by atoms with van der Waals surface area (Å²) in [6, 6.07) is -0.108. The van der Waals surface area contributed by atoms with Crippen LogP contribution in [0.3, 0.4) is 0 Å². The highest BCUT2D eigenvalue weighted by Gasteiger charge is 2.26. The summed E-state index contributed by atoms with van der Waals surface area (Å²) in [5.74, 6) is 0.0805. The van der Waals surface area contributed by atoms with Crippen LogP contribution in [0.2, 0.25) is 5.28 Å². The number of anilines is 1. The molecule has 0 radical (unpaired) electrons. The molecular formula is C17H23ClN6O4. The third kappa shape index (κ3) is 4.44. The topological polar surface area (TPSA) is 122 Å². The summed E-state index contributed by atoms with van der Waals surface area (Å²) >= 11 is 6.07. The van der Waals surface area contributed by atoms with Gasteiger partial charge in [0.15, 0.2) is 23.7 Å². The fourth-order valence-electron chi connectivity index (χ4n) is 2.92. The number of fused-ring (bicyclic) bond motifs is 1. The quantitative estimate of drug-likeness (QED) is 0.582. The molecule has 1 fully saturated rings. The van der Waals surface area contributed by atoms with Crippen molar-refractivity contribution in [3.05, 3.63) is 11.6 Å². The zero-order chi connectivity index (χ0) is 20.5. The maximum atomic E-state index is 12.0. The van der Waals surface area contributed by atoms with Crippen LogP contribution < -0.4 is 5.32 Å². The molecule has 28 heavy (non-hydrogen) atoms. The van der Waals surface area contributed by atoms with E-state index in [1.807, 2.05) is 0 Å². The highest BCUT2D eigenvalue weighted by atomic mass is 35.5. The monoisotopic (exact) mass is 410 g/mol. The summed E-state index contributed by atoms with van der Waals surface area (Å²) in [6.07, 6.45) is 2.11. The summed E-state index contributed by atoms with van der Waals surface area (Å²) in [5.41, 5.74) is 0.283. The van der Waals surface area contributed by atoms with Gasteiger partial charge < -0.3 is 20.1 Å². The molecule has 2 aromatic heterocycles. The van der Waals surface area contributed by atoms with Gasteiger partial charge in [-0.25, -0.2) is 9.78 Å². The van der Waals surface area contributed by atoms with E-state index in [1.54, 1.807) is 25.3 Å². The number of carbonyl (C=O) groups is 2. The molecule has 152 valence electrons. The number of halogens is 1. The number of esters is 1. The Balaban J connectivity index is 1.80. The Hall–Kier alpha value is -2.62. The van der Waals surface area contributed by atoms with Gasteiger partial charge in [0.2, 0.25) is 5.28 Å². The number of imidazole rings is 1. The molecule has 3 heterocycles. The van der Waals surface area contributed by atoms with E-state index in [9.17, 15) is 14.7 Å². The molecule has 2 N–H and O–H groups in total. The van der Waals surface area contributed by atoms with Crippen LogP contribution in [-0.4, -0.2) is 60.7 Å². The van der Waals surface area contributed by atoms with E-state index in [2.05, 4.69) is 20.3 Å². The molecule has 0 aromatic carbocycles. The van der Waals surface area contributed by atoms with Crippen molar-refractivity contribution in [1.82, 2.24) is 24.4 Å². The minimum Gasteiger partial charge on any atom is -0.465 e. The SMILES string of the molecule is CC(C)(C)C(=O)OCn1cnc2c(N[C@@H]3CCCN(C(=O)O)C3)nc(Cl)nc21. The number of aromatic nitrogens is 4. The predicted octanol–water partition coefficient (Wildman–Crippen LogP) is 2.58. The van der Waals surface area contributed by atoms with E-state index in [1.165, 1.54) is 11.2 Å². The fourth-order valence-corrected chi connectivity index (χ4v) is 3.08. The van der Waals surface area contributed by atoms with Gasteiger partial charge in [-0.05, 0) is 45.2 Å². The Morgan fingerprint density at radius 2 is 2.14 bits per heavy atom. The number of hydrogen-bond acceptors (Lipinski definition) is 7. The number of rotatable bonds is 4. The van der Waals surface area contributed by atoms with Gasteiger partial charge in [0.1, 0.15) is 0 Å². The number of carbonyl (C=O) groups excluding carboxylic acids is 1. The standard InChI is InChI=1S/C17H23ClN6O4/c1-17(2,3)14(25)28-9-24-8-19-11-12(21-15(18)22-13(11)24)20-10-5-4-6-23(7-10)16(26)27/h8,10H,4-7,9H2,1-3H3,(H,26,27)(H,20,21,22)/t10-/m1/s1. The molecule has 11 heteroatoms. The normalized spacial score (nSPS) is 17.6. The zero-order valence-electron chi connectivity index (χ0n) is 16.0. The third-order valence-corrected chi connectivity index (χ3v) is 4.59. The molecule has 0 spiro atoms. The molecule has 1 amide bonds. The summed E-state index contributed by atoms with van der Waals surface area (Å²) < 4.78 is 6.89. The van der Waals surface area contributed by atoms with Gasteiger partial charge in [-0.1, -0.05) is 0 Å². The van der Waals surface area contributed by atoms with Crippen LogP contribution in [0.5, 0.6) is 0 Å². The van der Waals surface area contributed by atoms with Crippen molar-refractivity contribution in [3.8, 4) is 0 Å². The molecular weight excluding hydrogens is 388 g/mol.